The van der Waals surface area contributed by atoms with Crippen LogP contribution in [0.1, 0.15) is 57.7 Å². The lowest BCUT2D eigenvalue weighted by Gasteiger charge is -2.34. The number of nitrogens with one attached hydrogen (secondary N) is 1. The fourth-order valence-corrected chi connectivity index (χ4v) is 6.54. The van der Waals surface area contributed by atoms with E-state index in [1.165, 1.54) is 23.2 Å². The number of hydrogen-bond donors (Lipinski definition) is 2. The number of hydrogen-bond acceptors (Lipinski definition) is 7. The molecule has 0 amide bonds. The third kappa shape index (κ3) is 4.48. The second-order valence-electron chi connectivity index (χ2n) is 9.29. The number of aliphatic hydroxyl groups is 1. The Labute approximate surface area is 212 Å². The predicted molar refractivity (Wildman–Crippen MR) is 136 cm³/mol. The first kappa shape index (κ1) is 23.7. The van der Waals surface area contributed by atoms with Crippen LogP contribution in [0.2, 0.25) is 9.36 Å². The maximum absolute atomic E-state index is 13.5. The Balaban J connectivity index is 1.46. The Kier molecular flexibility index (Phi) is 6.66. The summed E-state index contributed by atoms with van der Waals surface area (Å²) < 4.78 is 0.590. The molecule has 1 aromatic carbocycles. The molecule has 1 saturated carbocycles. The summed E-state index contributed by atoms with van der Waals surface area (Å²) in [7, 11) is 2.06. The van der Waals surface area contributed by atoms with Crippen molar-refractivity contribution in [2.24, 2.45) is 5.92 Å². The molecule has 0 radical (unpaired) electrons. The lowest BCUT2D eigenvalue weighted by molar-refractivity contribution is 0.104. The average molecular weight is 517 g/mol. The molecule has 0 bridgehead atoms. The SMILES string of the molecule is C[C@@H]1C[C@@H](Nc2ncncc2C(=O)c2cc([C@@H]3c4cc(Cl)ccc4CCN3C)c(Cl)s2)C[C@H]1O. The third-order valence-corrected chi connectivity index (χ3v) is 8.57. The molecule has 9 heteroatoms. The van der Waals surface area contributed by atoms with Crippen LogP contribution in [0, 0.1) is 5.92 Å². The van der Waals surface area contributed by atoms with Gasteiger partial charge >= 0.3 is 0 Å². The fraction of sp³-hybridized carbons (Fsp3) is 0.400. The van der Waals surface area contributed by atoms with Crippen molar-refractivity contribution < 1.29 is 9.90 Å². The monoisotopic (exact) mass is 516 g/mol. The van der Waals surface area contributed by atoms with Gasteiger partial charge in [0.05, 0.1) is 26.9 Å². The van der Waals surface area contributed by atoms with Gasteiger partial charge in [0.25, 0.3) is 0 Å². The van der Waals surface area contributed by atoms with E-state index < -0.39 is 0 Å². The van der Waals surface area contributed by atoms with Gasteiger partial charge in [0.2, 0.25) is 5.78 Å². The van der Waals surface area contributed by atoms with Crippen molar-refractivity contribution in [2.75, 3.05) is 18.9 Å². The maximum atomic E-state index is 13.5. The largest absolute Gasteiger partial charge is 0.393 e. The number of thiophene rings is 1. The molecule has 1 aliphatic heterocycles. The summed E-state index contributed by atoms with van der Waals surface area (Å²) >= 11 is 14.3. The second kappa shape index (κ2) is 9.55. The van der Waals surface area contributed by atoms with Crippen LogP contribution in [0.5, 0.6) is 0 Å². The molecule has 4 atom stereocenters. The van der Waals surface area contributed by atoms with Gasteiger partial charge in [0, 0.05) is 29.4 Å². The zero-order valence-electron chi connectivity index (χ0n) is 19.0. The Morgan fingerprint density at radius 2 is 2.06 bits per heavy atom. The molecule has 3 heterocycles. The Hall–Kier alpha value is -2.03. The van der Waals surface area contributed by atoms with Crippen LogP contribution < -0.4 is 5.32 Å². The topological polar surface area (TPSA) is 78.4 Å². The number of likely N-dealkylation sites (N-methyl/N-ethyl adjacent to an activating group) is 1. The first-order chi connectivity index (χ1) is 16.3. The summed E-state index contributed by atoms with van der Waals surface area (Å²) in [4.78, 5) is 24.8. The zero-order valence-corrected chi connectivity index (χ0v) is 21.3. The molecule has 0 saturated heterocycles. The standard InChI is InChI=1S/C25H26Cl2N4O2S/c1-13-7-16(9-20(13)32)30-25-19(11-28-12-29-25)23(33)21-10-18(24(27)34-21)22-17-8-15(26)4-3-14(17)5-6-31(22)2/h3-4,8,10-13,16,20,22,32H,5-7,9H2,1-2H3,(H,28,29,30)/t13-,16-,20-,22+/m1/s1. The van der Waals surface area contributed by atoms with Gasteiger partial charge < -0.3 is 10.4 Å². The summed E-state index contributed by atoms with van der Waals surface area (Å²) in [5.41, 5.74) is 3.68. The fourth-order valence-electron chi connectivity index (χ4n) is 5.08. The van der Waals surface area contributed by atoms with Crippen LogP contribution in [0.15, 0.2) is 36.8 Å². The lowest BCUT2D eigenvalue weighted by Crippen LogP contribution is -2.32. The molecule has 0 unspecified atom stereocenters. The first-order valence-corrected chi connectivity index (χ1v) is 13.0. The summed E-state index contributed by atoms with van der Waals surface area (Å²) in [6.45, 7) is 2.92. The van der Waals surface area contributed by atoms with Crippen LogP contribution in [0.3, 0.4) is 0 Å². The van der Waals surface area contributed by atoms with Gasteiger partial charge in [-0.15, -0.1) is 11.3 Å². The number of aromatic nitrogens is 2. The molecule has 178 valence electrons. The molecule has 5 rings (SSSR count). The number of rotatable bonds is 5. The van der Waals surface area contributed by atoms with Gasteiger partial charge in [-0.2, -0.15) is 0 Å². The highest BCUT2D eigenvalue weighted by atomic mass is 35.5. The van der Waals surface area contributed by atoms with Crippen molar-refractivity contribution in [2.45, 2.75) is 44.4 Å². The van der Waals surface area contributed by atoms with E-state index in [0.29, 0.717) is 32.0 Å². The molecule has 34 heavy (non-hydrogen) atoms. The highest BCUT2D eigenvalue weighted by molar-refractivity contribution is 7.18. The van der Waals surface area contributed by atoms with Gasteiger partial charge in [-0.25, -0.2) is 9.97 Å². The van der Waals surface area contributed by atoms with E-state index in [9.17, 15) is 9.90 Å². The normalized spacial score (nSPS) is 24.7. The van der Waals surface area contributed by atoms with Gasteiger partial charge in [0.15, 0.2) is 0 Å². The Bertz CT molecular complexity index is 1220. The maximum Gasteiger partial charge on any atom is 0.208 e. The highest BCUT2D eigenvalue weighted by Crippen LogP contribution is 2.42. The van der Waals surface area contributed by atoms with Crippen molar-refractivity contribution >= 4 is 46.1 Å². The zero-order chi connectivity index (χ0) is 24.0. The second-order valence-corrected chi connectivity index (χ2v) is 11.4. The summed E-state index contributed by atoms with van der Waals surface area (Å²) in [6.07, 6.45) is 5.02. The van der Waals surface area contributed by atoms with Crippen LogP contribution in [-0.4, -0.2) is 51.5 Å². The van der Waals surface area contributed by atoms with Crippen molar-refractivity contribution in [1.82, 2.24) is 14.9 Å². The molecule has 1 aliphatic carbocycles. The number of carbonyl (C=O) groups is 1. The molecule has 2 aromatic heterocycles. The highest BCUT2D eigenvalue weighted by Gasteiger charge is 2.32. The average Bonchev–Trinajstić information content (AvgIpc) is 3.34. The van der Waals surface area contributed by atoms with E-state index in [4.69, 9.17) is 23.2 Å². The quantitative estimate of drug-likeness (QED) is 0.452. The molecule has 0 spiro atoms. The molecular formula is C25H26Cl2N4O2S. The van der Waals surface area contributed by atoms with Crippen LogP contribution >= 0.6 is 34.5 Å². The van der Waals surface area contributed by atoms with E-state index in [-0.39, 0.29) is 29.9 Å². The molecule has 6 nitrogen and oxygen atoms in total. The van der Waals surface area contributed by atoms with E-state index in [1.54, 1.807) is 6.20 Å². The van der Waals surface area contributed by atoms with Gasteiger partial charge in [0.1, 0.15) is 12.1 Å². The predicted octanol–water partition coefficient (Wildman–Crippen LogP) is 5.22. The van der Waals surface area contributed by atoms with E-state index in [1.807, 2.05) is 25.1 Å². The smallest absolute Gasteiger partial charge is 0.208 e. The number of benzene rings is 1. The van der Waals surface area contributed by atoms with Crippen LogP contribution in [-0.2, 0) is 6.42 Å². The summed E-state index contributed by atoms with van der Waals surface area (Å²) in [5.74, 6) is 0.530. The lowest BCUT2D eigenvalue weighted by atomic mass is 9.89. The van der Waals surface area contributed by atoms with Crippen molar-refractivity contribution in [3.8, 4) is 0 Å². The number of anilines is 1. The molecule has 2 aliphatic rings. The molecule has 3 aromatic rings. The third-order valence-electron chi connectivity index (χ3n) is 6.95. The van der Waals surface area contributed by atoms with Crippen LogP contribution in [0.4, 0.5) is 5.82 Å². The van der Waals surface area contributed by atoms with Crippen LogP contribution in [0.25, 0.3) is 0 Å². The van der Waals surface area contributed by atoms with Crippen molar-refractivity contribution in [3.05, 3.63) is 73.3 Å². The number of nitrogens with zero attached hydrogens (tertiary/aromatic N) is 3. The number of aliphatic hydroxyl groups excluding tert-OH is 1. The van der Waals surface area contributed by atoms with E-state index in [2.05, 4.69) is 33.3 Å². The Morgan fingerprint density at radius 1 is 1.24 bits per heavy atom. The molecule has 2 N–H and O–H groups in total. The number of carbonyl (C=O) groups excluding carboxylic acids is 1. The van der Waals surface area contributed by atoms with E-state index >= 15 is 0 Å². The summed E-state index contributed by atoms with van der Waals surface area (Å²) in [5, 5.41) is 14.1. The minimum atomic E-state index is -0.346. The first-order valence-electron chi connectivity index (χ1n) is 11.4. The van der Waals surface area contributed by atoms with Crippen molar-refractivity contribution in [3.63, 3.8) is 0 Å². The van der Waals surface area contributed by atoms with E-state index in [0.717, 1.165) is 30.5 Å². The number of ketones is 1. The van der Waals surface area contributed by atoms with Gasteiger partial charge in [-0.1, -0.05) is 36.2 Å². The number of fused-ring (bicyclic) bond motifs is 1. The van der Waals surface area contributed by atoms with Gasteiger partial charge in [-0.05, 0) is 61.6 Å². The molecular weight excluding hydrogens is 491 g/mol. The van der Waals surface area contributed by atoms with Gasteiger partial charge in [-0.3, -0.25) is 9.69 Å². The number of halogens is 2. The Morgan fingerprint density at radius 3 is 2.82 bits per heavy atom. The minimum Gasteiger partial charge on any atom is -0.393 e. The molecule has 1 fully saturated rings. The minimum absolute atomic E-state index is 0.0612. The van der Waals surface area contributed by atoms with Crippen molar-refractivity contribution in [1.29, 1.82) is 0 Å². The summed E-state index contributed by atoms with van der Waals surface area (Å²) in [6, 6.07) is 7.87.